The van der Waals surface area contributed by atoms with E-state index in [1.807, 2.05) is 24.3 Å². The molecule has 0 fully saturated rings. The molecule has 1 amide bonds. The molecule has 0 spiro atoms. The number of imidazole rings is 1. The van der Waals surface area contributed by atoms with Crippen LogP contribution < -0.4 is 10.1 Å². The Kier molecular flexibility index (Phi) is 7.68. The van der Waals surface area contributed by atoms with Crippen LogP contribution in [0.5, 0.6) is 5.75 Å². The molecule has 0 atom stereocenters. The molecular formula is C24H31N3O2. The second-order valence-corrected chi connectivity index (χ2v) is 7.43. The number of ether oxygens (including phenoxy) is 1. The van der Waals surface area contributed by atoms with Gasteiger partial charge in [-0.15, -0.1) is 0 Å². The molecule has 5 nitrogen and oxygen atoms in total. The monoisotopic (exact) mass is 393 g/mol. The molecule has 29 heavy (non-hydrogen) atoms. The highest BCUT2D eigenvalue weighted by Gasteiger charge is 2.10. The van der Waals surface area contributed by atoms with Crippen molar-refractivity contribution >= 4 is 16.9 Å². The number of para-hydroxylation sites is 3. The molecule has 0 aliphatic heterocycles. The Morgan fingerprint density at radius 3 is 2.66 bits per heavy atom. The molecule has 3 aromatic rings. The van der Waals surface area contributed by atoms with Gasteiger partial charge in [-0.25, -0.2) is 4.98 Å². The van der Waals surface area contributed by atoms with E-state index in [1.165, 1.54) is 11.1 Å². The van der Waals surface area contributed by atoms with Gasteiger partial charge in [-0.2, -0.15) is 0 Å². The van der Waals surface area contributed by atoms with Gasteiger partial charge in [-0.05, 0) is 49.9 Å². The zero-order chi connectivity index (χ0) is 20.5. The van der Waals surface area contributed by atoms with E-state index in [1.54, 1.807) is 6.92 Å². The molecule has 5 heteroatoms. The molecular weight excluding hydrogens is 362 g/mol. The normalized spacial score (nSPS) is 11.0. The maximum Gasteiger partial charge on any atom is 0.216 e. The number of nitrogens with zero attached hydrogens (tertiary/aromatic N) is 2. The first-order chi connectivity index (χ1) is 14.1. The van der Waals surface area contributed by atoms with Crippen LogP contribution in [0.15, 0.2) is 48.5 Å². The summed E-state index contributed by atoms with van der Waals surface area (Å²) in [4.78, 5) is 15.8. The summed E-state index contributed by atoms with van der Waals surface area (Å²) in [6.07, 6.45) is 5.05. The fourth-order valence-electron chi connectivity index (χ4n) is 3.54. The first-order valence-corrected chi connectivity index (χ1v) is 10.5. The highest BCUT2D eigenvalue weighted by atomic mass is 16.5. The van der Waals surface area contributed by atoms with Crippen molar-refractivity contribution in [1.82, 2.24) is 14.9 Å². The van der Waals surface area contributed by atoms with Gasteiger partial charge in [0.1, 0.15) is 11.6 Å². The van der Waals surface area contributed by atoms with Crippen molar-refractivity contribution in [2.75, 3.05) is 13.2 Å². The van der Waals surface area contributed by atoms with E-state index in [0.717, 1.165) is 62.3 Å². The van der Waals surface area contributed by atoms with Crippen LogP contribution in [0.3, 0.4) is 0 Å². The van der Waals surface area contributed by atoms with Gasteiger partial charge >= 0.3 is 0 Å². The molecule has 1 heterocycles. The van der Waals surface area contributed by atoms with Gasteiger partial charge in [0, 0.05) is 26.4 Å². The first-order valence-electron chi connectivity index (χ1n) is 10.5. The molecule has 2 aromatic carbocycles. The number of carbonyl (C=O) groups excluding carboxylic acids is 1. The number of benzene rings is 2. The lowest BCUT2D eigenvalue weighted by atomic mass is 10.2. The molecule has 0 bridgehead atoms. The van der Waals surface area contributed by atoms with E-state index >= 15 is 0 Å². The van der Waals surface area contributed by atoms with Crippen LogP contribution in [0.25, 0.3) is 11.0 Å². The van der Waals surface area contributed by atoms with Crippen molar-refractivity contribution in [1.29, 1.82) is 0 Å². The Balaban J connectivity index is 1.55. The van der Waals surface area contributed by atoms with Gasteiger partial charge in [0.2, 0.25) is 5.91 Å². The van der Waals surface area contributed by atoms with E-state index in [2.05, 4.69) is 41.1 Å². The fraction of sp³-hybridized carbons (Fsp3) is 0.417. The third-order valence-electron chi connectivity index (χ3n) is 5.06. The van der Waals surface area contributed by atoms with Gasteiger partial charge in [0.25, 0.3) is 0 Å². The smallest absolute Gasteiger partial charge is 0.216 e. The summed E-state index contributed by atoms with van der Waals surface area (Å²) in [5.41, 5.74) is 3.41. The molecule has 0 saturated carbocycles. The number of rotatable bonds is 11. The summed E-state index contributed by atoms with van der Waals surface area (Å²) < 4.78 is 8.30. The topological polar surface area (TPSA) is 56.2 Å². The molecule has 3 rings (SSSR count). The lowest BCUT2D eigenvalue weighted by Crippen LogP contribution is -2.20. The number of amides is 1. The number of aryl methyl sites for hydroxylation is 3. The number of hydrogen-bond acceptors (Lipinski definition) is 3. The van der Waals surface area contributed by atoms with Gasteiger partial charge < -0.3 is 14.6 Å². The lowest BCUT2D eigenvalue weighted by molar-refractivity contribution is -0.118. The zero-order valence-electron chi connectivity index (χ0n) is 17.5. The van der Waals surface area contributed by atoms with Crippen LogP contribution in [0.2, 0.25) is 0 Å². The average molecular weight is 394 g/mol. The SMILES string of the molecule is CC(=O)NCCCCCc1nc2ccccc2n1CCCOc1ccccc1C. The number of carbonyl (C=O) groups is 1. The number of aromatic nitrogens is 2. The molecule has 0 aliphatic rings. The maximum atomic E-state index is 10.9. The molecule has 1 aromatic heterocycles. The molecule has 0 radical (unpaired) electrons. The number of unbranched alkanes of at least 4 members (excludes halogenated alkanes) is 2. The molecule has 0 aliphatic carbocycles. The summed E-state index contributed by atoms with van der Waals surface area (Å²) in [5, 5.41) is 2.86. The van der Waals surface area contributed by atoms with E-state index in [4.69, 9.17) is 9.72 Å². The van der Waals surface area contributed by atoms with Crippen LogP contribution in [0.1, 0.15) is 44.0 Å². The van der Waals surface area contributed by atoms with Gasteiger partial charge in [0.15, 0.2) is 0 Å². The zero-order valence-corrected chi connectivity index (χ0v) is 17.5. The Morgan fingerprint density at radius 2 is 1.83 bits per heavy atom. The summed E-state index contributed by atoms with van der Waals surface area (Å²) in [5.74, 6) is 2.14. The summed E-state index contributed by atoms with van der Waals surface area (Å²) in [6.45, 7) is 5.97. The van der Waals surface area contributed by atoms with Crippen LogP contribution >= 0.6 is 0 Å². The third-order valence-corrected chi connectivity index (χ3v) is 5.06. The average Bonchev–Trinajstić information content (AvgIpc) is 3.06. The fourth-order valence-corrected chi connectivity index (χ4v) is 3.54. The van der Waals surface area contributed by atoms with Gasteiger partial charge in [-0.3, -0.25) is 4.79 Å². The van der Waals surface area contributed by atoms with Crippen LogP contribution in [0.4, 0.5) is 0 Å². The van der Waals surface area contributed by atoms with Crippen molar-refractivity contribution in [3.05, 3.63) is 59.9 Å². The number of nitrogens with one attached hydrogen (secondary N) is 1. The number of hydrogen-bond donors (Lipinski definition) is 1. The highest BCUT2D eigenvalue weighted by molar-refractivity contribution is 5.75. The van der Waals surface area contributed by atoms with E-state index in [-0.39, 0.29) is 5.91 Å². The van der Waals surface area contributed by atoms with E-state index in [0.29, 0.717) is 6.61 Å². The summed E-state index contributed by atoms with van der Waals surface area (Å²) >= 11 is 0. The largest absolute Gasteiger partial charge is 0.493 e. The highest BCUT2D eigenvalue weighted by Crippen LogP contribution is 2.19. The summed E-state index contributed by atoms with van der Waals surface area (Å²) in [7, 11) is 0. The lowest BCUT2D eigenvalue weighted by Gasteiger charge is -2.11. The second-order valence-electron chi connectivity index (χ2n) is 7.43. The number of fused-ring (bicyclic) bond motifs is 1. The van der Waals surface area contributed by atoms with Crippen molar-refractivity contribution < 1.29 is 9.53 Å². The van der Waals surface area contributed by atoms with Crippen molar-refractivity contribution in [2.45, 2.75) is 52.5 Å². The summed E-state index contributed by atoms with van der Waals surface area (Å²) in [6, 6.07) is 16.5. The Bertz CT molecular complexity index is 933. The van der Waals surface area contributed by atoms with E-state index < -0.39 is 0 Å². The second kappa shape index (κ2) is 10.6. The van der Waals surface area contributed by atoms with Crippen LogP contribution in [-0.4, -0.2) is 28.6 Å². The predicted molar refractivity (Wildman–Crippen MR) is 117 cm³/mol. The predicted octanol–water partition coefficient (Wildman–Crippen LogP) is 4.66. The maximum absolute atomic E-state index is 10.9. The molecule has 1 N–H and O–H groups in total. The molecule has 0 saturated heterocycles. The first kappa shape index (κ1) is 20.9. The molecule has 154 valence electrons. The van der Waals surface area contributed by atoms with Gasteiger partial charge in [0.05, 0.1) is 17.6 Å². The quantitative estimate of drug-likeness (QED) is 0.482. The minimum Gasteiger partial charge on any atom is -0.493 e. The van der Waals surface area contributed by atoms with Crippen LogP contribution in [-0.2, 0) is 17.8 Å². The minimum atomic E-state index is 0.0414. The standard InChI is InChI=1S/C24H31N3O2/c1-19-11-5-8-14-23(19)29-18-10-17-27-22-13-7-6-12-21(22)26-24(27)15-4-3-9-16-25-20(2)28/h5-8,11-14H,3-4,9-10,15-18H2,1-2H3,(H,25,28). The van der Waals surface area contributed by atoms with Crippen molar-refractivity contribution in [3.63, 3.8) is 0 Å². The minimum absolute atomic E-state index is 0.0414. The third kappa shape index (κ3) is 6.08. The Hall–Kier alpha value is -2.82. The van der Waals surface area contributed by atoms with Crippen molar-refractivity contribution in [2.24, 2.45) is 0 Å². The molecule has 0 unspecified atom stereocenters. The Morgan fingerprint density at radius 1 is 1.03 bits per heavy atom. The van der Waals surface area contributed by atoms with Crippen molar-refractivity contribution in [3.8, 4) is 5.75 Å². The van der Waals surface area contributed by atoms with E-state index in [9.17, 15) is 4.79 Å². The Labute approximate surface area is 173 Å². The van der Waals surface area contributed by atoms with Gasteiger partial charge in [-0.1, -0.05) is 36.8 Å². The van der Waals surface area contributed by atoms with Crippen LogP contribution in [0, 0.1) is 6.92 Å².